The second kappa shape index (κ2) is 7.77. The van der Waals surface area contributed by atoms with Crippen LogP contribution in [0.2, 0.25) is 0 Å². The van der Waals surface area contributed by atoms with Crippen LogP contribution >= 0.6 is 0 Å². The summed E-state index contributed by atoms with van der Waals surface area (Å²) < 4.78 is 0. The van der Waals surface area contributed by atoms with Gasteiger partial charge in [0.05, 0.1) is 0 Å². The summed E-state index contributed by atoms with van der Waals surface area (Å²) in [6.07, 6.45) is 7.30. The first kappa shape index (κ1) is 16.3. The van der Waals surface area contributed by atoms with Crippen LogP contribution in [0.5, 0.6) is 0 Å². The monoisotopic (exact) mass is 289 g/mol. The predicted molar refractivity (Wildman–Crippen MR) is 89.7 cm³/mol. The third kappa shape index (κ3) is 4.98. The van der Waals surface area contributed by atoms with Crippen molar-refractivity contribution in [3.05, 3.63) is 17.6 Å². The molecular formula is C18H31N3. The number of hydrogen-bond acceptors (Lipinski definition) is 3. The summed E-state index contributed by atoms with van der Waals surface area (Å²) >= 11 is 0. The molecule has 3 heteroatoms. The Labute approximate surface area is 130 Å². The molecule has 1 N–H and O–H groups in total. The Kier molecular flexibility index (Phi) is 6.01. The molecular weight excluding hydrogens is 258 g/mol. The van der Waals surface area contributed by atoms with Crippen molar-refractivity contribution in [3.63, 3.8) is 0 Å². The highest BCUT2D eigenvalue weighted by molar-refractivity contribution is 5.36. The van der Waals surface area contributed by atoms with Gasteiger partial charge in [0.2, 0.25) is 0 Å². The second-order valence-corrected chi connectivity index (χ2v) is 7.08. The fourth-order valence-electron chi connectivity index (χ4n) is 3.09. The zero-order valence-electron chi connectivity index (χ0n) is 14.2. The predicted octanol–water partition coefficient (Wildman–Crippen LogP) is 4.79. The smallest absolute Gasteiger partial charge is 0.134 e. The van der Waals surface area contributed by atoms with Crippen molar-refractivity contribution >= 4 is 5.82 Å². The van der Waals surface area contributed by atoms with E-state index in [1.807, 2.05) is 0 Å². The fourth-order valence-corrected chi connectivity index (χ4v) is 3.09. The molecule has 0 aromatic carbocycles. The molecule has 0 saturated heterocycles. The maximum absolute atomic E-state index is 4.88. The lowest BCUT2D eigenvalue weighted by Gasteiger charge is -2.25. The molecule has 0 radical (unpaired) electrons. The Morgan fingerprint density at radius 1 is 1.19 bits per heavy atom. The normalized spacial score (nSPS) is 22.5. The maximum Gasteiger partial charge on any atom is 0.134 e. The molecule has 0 aliphatic heterocycles. The third-order valence-corrected chi connectivity index (χ3v) is 4.35. The summed E-state index contributed by atoms with van der Waals surface area (Å²) in [5, 5.41) is 3.45. The molecule has 21 heavy (non-hydrogen) atoms. The first-order valence-corrected chi connectivity index (χ1v) is 8.70. The Hall–Kier alpha value is -1.12. The van der Waals surface area contributed by atoms with Gasteiger partial charge in [0, 0.05) is 24.2 Å². The van der Waals surface area contributed by atoms with E-state index in [1.165, 1.54) is 31.4 Å². The standard InChI is InChI=1S/C18H31N3/c1-5-10-19-17-12-16(11-13(2)3)20-18(21-17)15-8-6-14(4)7-9-15/h12-15H,5-11H2,1-4H3,(H,19,20,21). The Morgan fingerprint density at radius 2 is 1.90 bits per heavy atom. The molecule has 118 valence electrons. The van der Waals surface area contributed by atoms with Gasteiger partial charge in [-0.25, -0.2) is 9.97 Å². The Balaban J connectivity index is 2.17. The minimum Gasteiger partial charge on any atom is -0.370 e. The average molecular weight is 289 g/mol. The number of hydrogen-bond donors (Lipinski definition) is 1. The highest BCUT2D eigenvalue weighted by Gasteiger charge is 2.22. The lowest BCUT2D eigenvalue weighted by molar-refractivity contribution is 0.339. The van der Waals surface area contributed by atoms with E-state index in [1.54, 1.807) is 0 Å². The number of nitrogens with zero attached hydrogens (tertiary/aromatic N) is 2. The van der Waals surface area contributed by atoms with E-state index >= 15 is 0 Å². The quantitative estimate of drug-likeness (QED) is 0.818. The SMILES string of the molecule is CCCNc1cc(CC(C)C)nc(C2CCC(C)CC2)n1. The summed E-state index contributed by atoms with van der Waals surface area (Å²) in [5.74, 6) is 4.18. The van der Waals surface area contributed by atoms with Crippen molar-refractivity contribution in [3.8, 4) is 0 Å². The molecule has 3 nitrogen and oxygen atoms in total. The van der Waals surface area contributed by atoms with E-state index in [9.17, 15) is 0 Å². The van der Waals surface area contributed by atoms with Gasteiger partial charge in [0.1, 0.15) is 11.6 Å². The molecule has 1 heterocycles. The van der Waals surface area contributed by atoms with Crippen LogP contribution in [0.4, 0.5) is 5.82 Å². The van der Waals surface area contributed by atoms with Crippen LogP contribution in [0.3, 0.4) is 0 Å². The van der Waals surface area contributed by atoms with Gasteiger partial charge in [-0.05, 0) is 37.5 Å². The van der Waals surface area contributed by atoms with Crippen molar-refractivity contribution < 1.29 is 0 Å². The molecule has 1 saturated carbocycles. The van der Waals surface area contributed by atoms with Gasteiger partial charge in [-0.15, -0.1) is 0 Å². The number of nitrogens with one attached hydrogen (secondary N) is 1. The van der Waals surface area contributed by atoms with Gasteiger partial charge < -0.3 is 5.32 Å². The van der Waals surface area contributed by atoms with E-state index in [2.05, 4.69) is 39.1 Å². The van der Waals surface area contributed by atoms with E-state index in [0.717, 1.165) is 36.9 Å². The largest absolute Gasteiger partial charge is 0.370 e. The van der Waals surface area contributed by atoms with Gasteiger partial charge in [-0.3, -0.25) is 0 Å². The molecule has 0 spiro atoms. The van der Waals surface area contributed by atoms with Crippen LogP contribution in [0.15, 0.2) is 6.07 Å². The molecule has 1 aliphatic rings. The van der Waals surface area contributed by atoms with Crippen LogP contribution in [0, 0.1) is 11.8 Å². The maximum atomic E-state index is 4.88. The minimum atomic E-state index is 0.565. The lowest BCUT2D eigenvalue weighted by atomic mass is 9.82. The van der Waals surface area contributed by atoms with Gasteiger partial charge in [-0.1, -0.05) is 40.5 Å². The van der Waals surface area contributed by atoms with Crippen molar-refractivity contribution in [1.29, 1.82) is 0 Å². The summed E-state index contributed by atoms with van der Waals surface area (Å²) in [6, 6.07) is 2.14. The molecule has 0 amide bonds. The zero-order valence-corrected chi connectivity index (χ0v) is 14.2. The van der Waals surface area contributed by atoms with Crippen molar-refractivity contribution in [2.75, 3.05) is 11.9 Å². The first-order chi connectivity index (χ1) is 10.1. The first-order valence-electron chi connectivity index (χ1n) is 8.70. The van der Waals surface area contributed by atoms with Gasteiger partial charge in [-0.2, -0.15) is 0 Å². The van der Waals surface area contributed by atoms with Crippen LogP contribution in [0.1, 0.15) is 77.2 Å². The number of anilines is 1. The van der Waals surface area contributed by atoms with Crippen molar-refractivity contribution in [2.24, 2.45) is 11.8 Å². The molecule has 0 atom stereocenters. The van der Waals surface area contributed by atoms with Crippen LogP contribution in [0.25, 0.3) is 0 Å². The molecule has 0 bridgehead atoms. The van der Waals surface area contributed by atoms with Gasteiger partial charge >= 0.3 is 0 Å². The van der Waals surface area contributed by atoms with Crippen molar-refractivity contribution in [2.45, 2.75) is 72.1 Å². The Bertz CT molecular complexity index is 434. The van der Waals surface area contributed by atoms with E-state index < -0.39 is 0 Å². The minimum absolute atomic E-state index is 0.565. The molecule has 1 aliphatic carbocycles. The van der Waals surface area contributed by atoms with Crippen LogP contribution < -0.4 is 5.32 Å². The molecule has 2 rings (SSSR count). The van der Waals surface area contributed by atoms with E-state index in [0.29, 0.717) is 11.8 Å². The molecule has 1 aromatic rings. The summed E-state index contributed by atoms with van der Waals surface area (Å²) in [4.78, 5) is 9.68. The highest BCUT2D eigenvalue weighted by atomic mass is 15.0. The number of aromatic nitrogens is 2. The van der Waals surface area contributed by atoms with Crippen molar-refractivity contribution in [1.82, 2.24) is 9.97 Å². The van der Waals surface area contributed by atoms with Gasteiger partial charge in [0.15, 0.2) is 0 Å². The lowest BCUT2D eigenvalue weighted by Crippen LogP contribution is -2.16. The molecule has 0 unspecified atom stereocenters. The van der Waals surface area contributed by atoms with Gasteiger partial charge in [0.25, 0.3) is 0 Å². The summed E-state index contributed by atoms with van der Waals surface area (Å²) in [7, 11) is 0. The van der Waals surface area contributed by atoms with Crippen LogP contribution in [-0.4, -0.2) is 16.5 Å². The average Bonchev–Trinajstić information content (AvgIpc) is 2.45. The third-order valence-electron chi connectivity index (χ3n) is 4.35. The van der Waals surface area contributed by atoms with Crippen LogP contribution in [-0.2, 0) is 6.42 Å². The highest BCUT2D eigenvalue weighted by Crippen LogP contribution is 2.34. The summed E-state index contributed by atoms with van der Waals surface area (Å²) in [6.45, 7) is 10.0. The fraction of sp³-hybridized carbons (Fsp3) is 0.778. The topological polar surface area (TPSA) is 37.8 Å². The second-order valence-electron chi connectivity index (χ2n) is 7.08. The summed E-state index contributed by atoms with van der Waals surface area (Å²) in [5.41, 5.74) is 1.20. The van der Waals surface area contributed by atoms with E-state index in [-0.39, 0.29) is 0 Å². The van der Waals surface area contributed by atoms with E-state index in [4.69, 9.17) is 9.97 Å². The number of rotatable bonds is 6. The molecule has 1 aromatic heterocycles. The zero-order chi connectivity index (χ0) is 15.2. The molecule has 1 fully saturated rings. The Morgan fingerprint density at radius 3 is 2.52 bits per heavy atom.